The molecule has 3 nitrogen and oxygen atoms in total. The molecule has 23 heavy (non-hydrogen) atoms. The molecular weight excluding hydrogens is 420 g/mol. The number of halogens is 2. The number of hydrogen-bond donors (Lipinski definition) is 0. The molecule has 0 saturated carbocycles. The number of hydrogen-bond acceptors (Lipinski definition) is 2. The molecule has 0 spiro atoms. The van der Waals surface area contributed by atoms with Crippen molar-refractivity contribution in [1.29, 1.82) is 0 Å². The van der Waals surface area contributed by atoms with Gasteiger partial charge in [-0.2, -0.15) is 9.78 Å². The van der Waals surface area contributed by atoms with E-state index in [1.807, 2.05) is 42.5 Å². The van der Waals surface area contributed by atoms with Crippen LogP contribution >= 0.6 is 31.9 Å². The molecule has 0 bridgehead atoms. The minimum atomic E-state index is -0.126. The molecule has 0 saturated heterocycles. The van der Waals surface area contributed by atoms with Gasteiger partial charge in [0, 0.05) is 9.86 Å². The van der Waals surface area contributed by atoms with Crippen LogP contribution in [0.15, 0.2) is 56.3 Å². The number of nitrogens with zero attached hydrogens (tertiary/aromatic N) is 2. The second-order valence-corrected chi connectivity index (χ2v) is 8.16. The number of benzene rings is 2. The predicted molar refractivity (Wildman–Crippen MR) is 101 cm³/mol. The first-order chi connectivity index (χ1) is 10.8. The Bertz CT molecular complexity index is 938. The number of aromatic nitrogens is 2. The van der Waals surface area contributed by atoms with E-state index in [1.165, 1.54) is 10.2 Å². The molecule has 0 amide bonds. The standard InChI is InChI=1S/C18H16Br2N2O/c1-18(2,3)11-4-7-13(8-5-11)22-17(23)14-9-6-12(19)10-15(14)16(20)21-22/h4-10H,1-3H3. The van der Waals surface area contributed by atoms with E-state index in [4.69, 9.17) is 0 Å². The zero-order valence-corrected chi connectivity index (χ0v) is 16.3. The average molecular weight is 436 g/mol. The molecule has 0 radical (unpaired) electrons. The highest BCUT2D eigenvalue weighted by atomic mass is 79.9. The second kappa shape index (κ2) is 5.87. The molecule has 0 N–H and O–H groups in total. The van der Waals surface area contributed by atoms with Crippen molar-refractivity contribution in [3.63, 3.8) is 0 Å². The molecule has 1 aromatic heterocycles. The SMILES string of the molecule is CC(C)(C)c1ccc(-n2nc(Br)c3cc(Br)ccc3c2=O)cc1. The fourth-order valence-corrected chi connectivity index (χ4v) is 3.30. The first kappa shape index (κ1) is 16.4. The van der Waals surface area contributed by atoms with Crippen LogP contribution in [0.3, 0.4) is 0 Å². The van der Waals surface area contributed by atoms with E-state index in [0.717, 1.165) is 15.5 Å². The van der Waals surface area contributed by atoms with Crippen LogP contribution in [0, 0.1) is 0 Å². The highest BCUT2D eigenvalue weighted by Gasteiger charge is 2.15. The van der Waals surface area contributed by atoms with Gasteiger partial charge in [-0.1, -0.05) is 48.8 Å². The van der Waals surface area contributed by atoms with Crippen molar-refractivity contribution in [2.45, 2.75) is 26.2 Å². The third kappa shape index (κ3) is 3.12. The molecule has 0 atom stereocenters. The molecule has 0 aliphatic carbocycles. The van der Waals surface area contributed by atoms with Crippen LogP contribution in [-0.4, -0.2) is 9.78 Å². The van der Waals surface area contributed by atoms with Crippen LogP contribution in [0.1, 0.15) is 26.3 Å². The topological polar surface area (TPSA) is 34.9 Å². The summed E-state index contributed by atoms with van der Waals surface area (Å²) < 4.78 is 3.00. The molecule has 118 valence electrons. The molecule has 3 rings (SSSR count). The summed E-state index contributed by atoms with van der Waals surface area (Å²) in [7, 11) is 0. The highest BCUT2D eigenvalue weighted by molar-refractivity contribution is 9.11. The predicted octanol–water partition coefficient (Wildman–Crippen LogP) is 5.21. The molecule has 1 heterocycles. The van der Waals surface area contributed by atoms with E-state index in [0.29, 0.717) is 9.99 Å². The van der Waals surface area contributed by atoms with Gasteiger partial charge >= 0.3 is 0 Å². The maximum Gasteiger partial charge on any atom is 0.279 e. The van der Waals surface area contributed by atoms with Crippen molar-refractivity contribution >= 4 is 42.6 Å². The van der Waals surface area contributed by atoms with Crippen LogP contribution in [0.2, 0.25) is 0 Å². The summed E-state index contributed by atoms with van der Waals surface area (Å²) in [6.07, 6.45) is 0. The van der Waals surface area contributed by atoms with E-state index < -0.39 is 0 Å². The van der Waals surface area contributed by atoms with Crippen molar-refractivity contribution in [3.8, 4) is 5.69 Å². The second-order valence-electron chi connectivity index (χ2n) is 6.49. The minimum absolute atomic E-state index is 0.0766. The van der Waals surface area contributed by atoms with Crippen LogP contribution in [0.5, 0.6) is 0 Å². The lowest BCUT2D eigenvalue weighted by Crippen LogP contribution is -2.22. The third-order valence-corrected chi connectivity index (χ3v) is 4.87. The molecular formula is C18H16Br2N2O. The van der Waals surface area contributed by atoms with Crippen LogP contribution < -0.4 is 5.56 Å². The first-order valence-electron chi connectivity index (χ1n) is 7.26. The molecule has 3 aromatic rings. The van der Waals surface area contributed by atoms with Gasteiger partial charge in [-0.15, -0.1) is 0 Å². The fraction of sp³-hybridized carbons (Fsp3) is 0.222. The monoisotopic (exact) mass is 434 g/mol. The summed E-state index contributed by atoms with van der Waals surface area (Å²) in [5.41, 5.74) is 1.93. The Balaban J connectivity index is 2.19. The normalized spacial score (nSPS) is 11.9. The van der Waals surface area contributed by atoms with Gasteiger partial charge in [-0.25, -0.2) is 0 Å². The lowest BCUT2D eigenvalue weighted by Gasteiger charge is -2.19. The summed E-state index contributed by atoms with van der Waals surface area (Å²) in [4.78, 5) is 12.7. The van der Waals surface area contributed by atoms with Crippen molar-refractivity contribution in [2.24, 2.45) is 0 Å². The molecule has 5 heteroatoms. The Morgan fingerprint density at radius 3 is 2.22 bits per heavy atom. The Kier molecular flexibility index (Phi) is 4.19. The smallest absolute Gasteiger partial charge is 0.267 e. The molecule has 0 unspecified atom stereocenters. The summed E-state index contributed by atoms with van der Waals surface area (Å²) in [6.45, 7) is 6.49. The van der Waals surface area contributed by atoms with Gasteiger partial charge in [-0.05, 0) is 57.2 Å². The van der Waals surface area contributed by atoms with E-state index in [9.17, 15) is 4.79 Å². The van der Waals surface area contributed by atoms with Crippen molar-refractivity contribution in [2.75, 3.05) is 0 Å². The van der Waals surface area contributed by atoms with Crippen molar-refractivity contribution < 1.29 is 0 Å². The van der Waals surface area contributed by atoms with Gasteiger partial charge in [0.1, 0.15) is 4.60 Å². The average Bonchev–Trinajstić information content (AvgIpc) is 2.50. The molecule has 0 fully saturated rings. The maximum absolute atomic E-state index is 12.7. The Labute approximate surface area is 151 Å². The fourth-order valence-electron chi connectivity index (χ4n) is 2.45. The number of fused-ring (bicyclic) bond motifs is 1. The maximum atomic E-state index is 12.7. The Morgan fingerprint density at radius 2 is 1.61 bits per heavy atom. The van der Waals surface area contributed by atoms with E-state index in [1.54, 1.807) is 0 Å². The van der Waals surface area contributed by atoms with Crippen molar-refractivity contribution in [3.05, 3.63) is 67.5 Å². The van der Waals surface area contributed by atoms with Crippen LogP contribution in [-0.2, 0) is 5.41 Å². The van der Waals surface area contributed by atoms with Gasteiger partial charge in [0.05, 0.1) is 11.1 Å². The summed E-state index contributed by atoms with van der Waals surface area (Å²) in [5, 5.41) is 5.84. The lowest BCUT2D eigenvalue weighted by molar-refractivity contribution is 0.590. The summed E-state index contributed by atoms with van der Waals surface area (Å²) >= 11 is 6.89. The third-order valence-electron chi connectivity index (χ3n) is 3.79. The van der Waals surface area contributed by atoms with Gasteiger partial charge in [0.25, 0.3) is 5.56 Å². The van der Waals surface area contributed by atoms with E-state index in [2.05, 4.69) is 57.7 Å². The molecule has 2 aromatic carbocycles. The highest BCUT2D eigenvalue weighted by Crippen LogP contribution is 2.25. The first-order valence-corrected chi connectivity index (χ1v) is 8.85. The van der Waals surface area contributed by atoms with Gasteiger partial charge in [0.2, 0.25) is 0 Å². The zero-order valence-electron chi connectivity index (χ0n) is 13.1. The van der Waals surface area contributed by atoms with Crippen LogP contribution in [0.4, 0.5) is 0 Å². The quantitative estimate of drug-likeness (QED) is 0.525. The van der Waals surface area contributed by atoms with Gasteiger partial charge in [0.15, 0.2) is 0 Å². The number of rotatable bonds is 1. The van der Waals surface area contributed by atoms with Gasteiger partial charge < -0.3 is 0 Å². The molecule has 0 aliphatic heterocycles. The largest absolute Gasteiger partial charge is 0.279 e. The summed E-state index contributed by atoms with van der Waals surface area (Å²) in [5.74, 6) is 0. The Morgan fingerprint density at radius 1 is 0.957 bits per heavy atom. The van der Waals surface area contributed by atoms with E-state index in [-0.39, 0.29) is 11.0 Å². The van der Waals surface area contributed by atoms with Gasteiger partial charge in [-0.3, -0.25) is 4.79 Å². The lowest BCUT2D eigenvalue weighted by atomic mass is 9.87. The summed E-state index contributed by atoms with van der Waals surface area (Å²) in [6, 6.07) is 13.5. The zero-order chi connectivity index (χ0) is 16.8. The minimum Gasteiger partial charge on any atom is -0.267 e. The van der Waals surface area contributed by atoms with E-state index >= 15 is 0 Å². The molecule has 0 aliphatic rings. The van der Waals surface area contributed by atoms with Crippen molar-refractivity contribution in [1.82, 2.24) is 9.78 Å². The Hall–Kier alpha value is -1.46. The van der Waals surface area contributed by atoms with Crippen LogP contribution in [0.25, 0.3) is 16.5 Å².